The van der Waals surface area contributed by atoms with E-state index in [1.807, 2.05) is 0 Å². The standard InChI is InChI=1S/C22H21FN4O3/c1-14(30-19-5-3-2-4-17(19)23)22(29)27-11-8-16(13-27)18-12-20(28)26-21(25-18)15-6-9-24-10-7-15/h2-7,9-10,12,14,16H,8,11,13H2,1H3,(H,25,26,28)/t14-,16+/m1/s1. The lowest BCUT2D eigenvalue weighted by Gasteiger charge is -2.22. The van der Waals surface area contributed by atoms with Gasteiger partial charge < -0.3 is 14.6 Å². The topological polar surface area (TPSA) is 88.2 Å². The van der Waals surface area contributed by atoms with Gasteiger partial charge in [-0.05, 0) is 37.6 Å². The van der Waals surface area contributed by atoms with Gasteiger partial charge in [-0.25, -0.2) is 9.37 Å². The lowest BCUT2D eigenvalue weighted by molar-refractivity contribution is -0.136. The molecule has 1 fully saturated rings. The summed E-state index contributed by atoms with van der Waals surface area (Å²) in [6.45, 7) is 2.55. The Hall–Kier alpha value is -3.55. The number of para-hydroxylation sites is 1. The highest BCUT2D eigenvalue weighted by molar-refractivity contribution is 5.81. The molecule has 154 valence electrons. The van der Waals surface area contributed by atoms with Crippen molar-refractivity contribution < 1.29 is 13.9 Å². The van der Waals surface area contributed by atoms with Crippen LogP contribution in [0.2, 0.25) is 0 Å². The molecule has 3 aromatic rings. The van der Waals surface area contributed by atoms with Crippen molar-refractivity contribution in [1.82, 2.24) is 19.9 Å². The quantitative estimate of drug-likeness (QED) is 0.701. The molecule has 2 aromatic heterocycles. The van der Waals surface area contributed by atoms with Crippen molar-refractivity contribution >= 4 is 5.91 Å². The van der Waals surface area contributed by atoms with Gasteiger partial charge in [-0.15, -0.1) is 0 Å². The number of hydrogen-bond acceptors (Lipinski definition) is 5. The Morgan fingerprint density at radius 2 is 2.03 bits per heavy atom. The maximum atomic E-state index is 13.8. The van der Waals surface area contributed by atoms with Gasteiger partial charge in [0.25, 0.3) is 11.5 Å². The number of aromatic amines is 1. The van der Waals surface area contributed by atoms with Gasteiger partial charge in [0.1, 0.15) is 5.82 Å². The molecule has 1 amide bonds. The molecule has 0 bridgehead atoms. The molecule has 8 heteroatoms. The van der Waals surface area contributed by atoms with E-state index in [-0.39, 0.29) is 23.1 Å². The fraction of sp³-hybridized carbons (Fsp3) is 0.273. The number of benzene rings is 1. The van der Waals surface area contributed by atoms with E-state index in [9.17, 15) is 14.0 Å². The number of H-pyrrole nitrogens is 1. The first-order valence-corrected chi connectivity index (χ1v) is 9.73. The minimum Gasteiger partial charge on any atom is -0.478 e. The highest BCUT2D eigenvalue weighted by Crippen LogP contribution is 2.27. The highest BCUT2D eigenvalue weighted by Gasteiger charge is 2.32. The van der Waals surface area contributed by atoms with Gasteiger partial charge in [0, 0.05) is 43.0 Å². The minimum absolute atomic E-state index is 0.0485. The summed E-state index contributed by atoms with van der Waals surface area (Å²) < 4.78 is 19.3. The van der Waals surface area contributed by atoms with Crippen molar-refractivity contribution in [2.24, 2.45) is 0 Å². The van der Waals surface area contributed by atoms with Crippen LogP contribution < -0.4 is 10.3 Å². The average molecular weight is 408 g/mol. The molecule has 7 nitrogen and oxygen atoms in total. The van der Waals surface area contributed by atoms with Gasteiger partial charge in [0.2, 0.25) is 0 Å². The number of amides is 1. The second-order valence-corrected chi connectivity index (χ2v) is 7.22. The van der Waals surface area contributed by atoms with E-state index in [1.165, 1.54) is 18.2 Å². The van der Waals surface area contributed by atoms with E-state index in [4.69, 9.17) is 4.74 Å². The molecule has 1 aliphatic heterocycles. The molecule has 4 rings (SSSR count). The number of halogens is 1. The number of rotatable bonds is 5. The van der Waals surface area contributed by atoms with Crippen molar-refractivity contribution in [3.8, 4) is 17.1 Å². The predicted molar refractivity (Wildman–Crippen MR) is 109 cm³/mol. The summed E-state index contributed by atoms with van der Waals surface area (Å²) in [5.74, 6) is -0.265. The first-order valence-electron chi connectivity index (χ1n) is 9.73. The molecule has 0 unspecified atom stereocenters. The van der Waals surface area contributed by atoms with Crippen molar-refractivity contribution in [3.05, 3.63) is 76.7 Å². The third-order valence-electron chi connectivity index (χ3n) is 5.12. The molecule has 1 aliphatic rings. The summed E-state index contributed by atoms with van der Waals surface area (Å²) in [7, 11) is 0. The molecule has 0 radical (unpaired) electrons. The Bertz CT molecular complexity index is 1100. The number of ether oxygens (including phenoxy) is 1. The SMILES string of the molecule is C[C@@H](Oc1ccccc1F)C(=O)N1CC[C@H](c2cc(=O)[nH]c(-c3ccncc3)n2)C1. The van der Waals surface area contributed by atoms with Crippen molar-refractivity contribution in [2.45, 2.75) is 25.4 Å². The smallest absolute Gasteiger partial charge is 0.263 e. The molecular formula is C22H21FN4O3. The monoisotopic (exact) mass is 408 g/mol. The molecule has 30 heavy (non-hydrogen) atoms. The summed E-state index contributed by atoms with van der Waals surface area (Å²) in [5.41, 5.74) is 1.16. The molecule has 2 atom stereocenters. The minimum atomic E-state index is -0.819. The third-order valence-corrected chi connectivity index (χ3v) is 5.12. The van der Waals surface area contributed by atoms with Gasteiger partial charge >= 0.3 is 0 Å². The highest BCUT2D eigenvalue weighted by atomic mass is 19.1. The number of aromatic nitrogens is 3. The van der Waals surface area contributed by atoms with Crippen LogP contribution >= 0.6 is 0 Å². The van der Waals surface area contributed by atoms with Crippen LogP contribution in [0.5, 0.6) is 5.75 Å². The Balaban J connectivity index is 1.47. The Labute approximate surface area is 172 Å². The molecule has 0 spiro atoms. The molecule has 1 aromatic carbocycles. The van der Waals surface area contributed by atoms with Crippen LogP contribution in [0.15, 0.2) is 59.7 Å². The first-order chi connectivity index (χ1) is 14.5. The zero-order valence-electron chi connectivity index (χ0n) is 16.4. The van der Waals surface area contributed by atoms with E-state index in [1.54, 1.807) is 48.5 Å². The number of carbonyl (C=O) groups excluding carboxylic acids is 1. The largest absolute Gasteiger partial charge is 0.478 e. The summed E-state index contributed by atoms with van der Waals surface area (Å²) >= 11 is 0. The number of nitrogens with zero attached hydrogens (tertiary/aromatic N) is 3. The lowest BCUT2D eigenvalue weighted by atomic mass is 10.0. The molecular weight excluding hydrogens is 387 g/mol. The van der Waals surface area contributed by atoms with Gasteiger partial charge in [-0.3, -0.25) is 14.6 Å². The maximum Gasteiger partial charge on any atom is 0.263 e. The van der Waals surface area contributed by atoms with Gasteiger partial charge in [0.15, 0.2) is 17.7 Å². The Kier molecular flexibility index (Phi) is 5.56. The number of nitrogens with one attached hydrogen (secondary N) is 1. The van der Waals surface area contributed by atoms with Crippen molar-refractivity contribution in [1.29, 1.82) is 0 Å². The second kappa shape index (κ2) is 8.44. The van der Waals surface area contributed by atoms with Crippen LogP contribution in [0, 0.1) is 5.82 Å². The van der Waals surface area contributed by atoms with E-state index in [0.29, 0.717) is 31.0 Å². The summed E-state index contributed by atoms with van der Waals surface area (Å²) in [4.78, 5) is 37.9. The number of hydrogen-bond donors (Lipinski definition) is 1. The van der Waals surface area contributed by atoms with Crippen LogP contribution in [0.3, 0.4) is 0 Å². The Morgan fingerprint density at radius 1 is 1.27 bits per heavy atom. The summed E-state index contributed by atoms with van der Waals surface area (Å²) in [5, 5.41) is 0. The molecule has 1 saturated heterocycles. The van der Waals surface area contributed by atoms with Crippen molar-refractivity contribution in [2.75, 3.05) is 13.1 Å². The van der Waals surface area contributed by atoms with E-state index in [2.05, 4.69) is 15.0 Å². The molecule has 0 aliphatic carbocycles. The van der Waals surface area contributed by atoms with Crippen LogP contribution in [0.25, 0.3) is 11.4 Å². The van der Waals surface area contributed by atoms with Crippen molar-refractivity contribution in [3.63, 3.8) is 0 Å². The molecule has 3 heterocycles. The van der Waals surface area contributed by atoms with Gasteiger partial charge in [-0.2, -0.15) is 0 Å². The zero-order valence-corrected chi connectivity index (χ0v) is 16.4. The van der Waals surface area contributed by atoms with E-state index < -0.39 is 11.9 Å². The lowest BCUT2D eigenvalue weighted by Crippen LogP contribution is -2.39. The first kappa shape index (κ1) is 19.8. The van der Waals surface area contributed by atoms with Gasteiger partial charge in [0.05, 0.1) is 5.69 Å². The molecule has 1 N–H and O–H groups in total. The fourth-order valence-corrected chi connectivity index (χ4v) is 3.57. The summed E-state index contributed by atoms with van der Waals surface area (Å²) in [6, 6.07) is 11.0. The van der Waals surface area contributed by atoms with Crippen LogP contribution in [0.4, 0.5) is 4.39 Å². The van der Waals surface area contributed by atoms with Gasteiger partial charge in [-0.1, -0.05) is 12.1 Å². The average Bonchev–Trinajstić information content (AvgIpc) is 3.25. The van der Waals surface area contributed by atoms with Crippen LogP contribution in [0.1, 0.15) is 25.0 Å². The maximum absolute atomic E-state index is 13.8. The summed E-state index contributed by atoms with van der Waals surface area (Å²) in [6.07, 6.45) is 3.13. The predicted octanol–water partition coefficient (Wildman–Crippen LogP) is 2.75. The normalized spacial score (nSPS) is 17.0. The van der Waals surface area contributed by atoms with E-state index in [0.717, 1.165) is 5.56 Å². The number of carbonyl (C=O) groups is 1. The zero-order chi connectivity index (χ0) is 21.1. The van der Waals surface area contributed by atoms with Crippen LogP contribution in [-0.2, 0) is 4.79 Å². The van der Waals surface area contributed by atoms with E-state index >= 15 is 0 Å². The fourth-order valence-electron chi connectivity index (χ4n) is 3.57. The van der Waals surface area contributed by atoms with Crippen LogP contribution in [-0.4, -0.2) is 45.0 Å². The third kappa shape index (κ3) is 4.22. The molecule has 0 saturated carbocycles. The second-order valence-electron chi connectivity index (χ2n) is 7.22. The number of likely N-dealkylation sites (tertiary alicyclic amines) is 1. The Morgan fingerprint density at radius 3 is 2.80 bits per heavy atom. The number of pyridine rings is 1.